The normalized spacial score (nSPS) is 36.7. The third kappa shape index (κ3) is 3.16. The molecule has 0 aromatic heterocycles. The van der Waals surface area contributed by atoms with Crippen LogP contribution in [0.5, 0.6) is 0 Å². The largest absolute Gasteiger partial charge is 0.454 e. The molecule has 8 heteroatoms. The van der Waals surface area contributed by atoms with Gasteiger partial charge in [0, 0.05) is 22.7 Å². The van der Waals surface area contributed by atoms with Gasteiger partial charge in [0.2, 0.25) is 0 Å². The van der Waals surface area contributed by atoms with Crippen molar-refractivity contribution in [3.05, 3.63) is 46.0 Å². The SMILES string of the molecule is CC1OC2CC(=O)OC2C2=C1C(=O)c1cc(C3CC(N(C)C)C(O)C(C)O3)ccc1C2=O. The van der Waals surface area contributed by atoms with Gasteiger partial charge in [-0.05, 0) is 52.1 Å². The number of carbonyl (C=O) groups excluding carboxylic acids is 3. The molecule has 0 spiro atoms. The molecule has 1 aliphatic carbocycles. The van der Waals surface area contributed by atoms with Crippen molar-refractivity contribution in [2.45, 2.75) is 69.4 Å². The molecular formula is C24H27NO7. The average Bonchev–Trinajstić information content (AvgIpc) is 3.12. The number of Topliss-reactive ketones (excluding diaryl/α,β-unsaturated/α-hetero) is 2. The second-order valence-electron chi connectivity index (χ2n) is 9.31. The smallest absolute Gasteiger partial charge is 0.309 e. The summed E-state index contributed by atoms with van der Waals surface area (Å²) in [4.78, 5) is 40.7. The van der Waals surface area contributed by atoms with Gasteiger partial charge < -0.3 is 24.2 Å². The topological polar surface area (TPSA) is 102 Å². The highest BCUT2D eigenvalue weighted by Gasteiger charge is 2.51. The standard InChI is InChI=1S/C24H27NO7/c1-10-19-20(24-17(30-10)9-18(26)32-24)22(28)13-6-5-12(7-14(13)23(19)29)16-8-15(25(3)4)21(27)11(2)31-16/h5-7,10-11,15-17,21,24,27H,8-9H2,1-4H3. The zero-order chi connectivity index (χ0) is 22.9. The molecule has 0 saturated carbocycles. The Labute approximate surface area is 186 Å². The van der Waals surface area contributed by atoms with E-state index in [-0.39, 0.29) is 47.4 Å². The van der Waals surface area contributed by atoms with E-state index in [4.69, 9.17) is 14.2 Å². The Bertz CT molecular complexity index is 1040. The lowest BCUT2D eigenvalue weighted by Crippen LogP contribution is -2.50. The van der Waals surface area contributed by atoms with Crippen molar-refractivity contribution in [2.24, 2.45) is 0 Å². The summed E-state index contributed by atoms with van der Waals surface area (Å²) in [5.74, 6) is -0.998. The maximum atomic E-state index is 13.5. The summed E-state index contributed by atoms with van der Waals surface area (Å²) >= 11 is 0. The van der Waals surface area contributed by atoms with Crippen LogP contribution >= 0.6 is 0 Å². The van der Waals surface area contributed by atoms with Crippen LogP contribution in [0.2, 0.25) is 0 Å². The lowest BCUT2D eigenvalue weighted by Gasteiger charge is -2.41. The van der Waals surface area contributed by atoms with E-state index in [0.29, 0.717) is 17.5 Å². The van der Waals surface area contributed by atoms with Gasteiger partial charge in [-0.3, -0.25) is 14.4 Å². The van der Waals surface area contributed by atoms with E-state index in [1.807, 2.05) is 25.9 Å². The van der Waals surface area contributed by atoms with Crippen LogP contribution in [0.4, 0.5) is 0 Å². The molecule has 8 nitrogen and oxygen atoms in total. The number of aliphatic hydroxyl groups excluding tert-OH is 1. The molecule has 7 unspecified atom stereocenters. The second kappa shape index (κ2) is 7.59. The first-order valence-corrected chi connectivity index (χ1v) is 11.0. The van der Waals surface area contributed by atoms with E-state index in [9.17, 15) is 19.5 Å². The van der Waals surface area contributed by atoms with E-state index in [1.54, 1.807) is 25.1 Å². The summed E-state index contributed by atoms with van der Waals surface area (Å²) in [6.45, 7) is 3.56. The Balaban J connectivity index is 1.52. The van der Waals surface area contributed by atoms with E-state index in [0.717, 1.165) is 5.56 Å². The quantitative estimate of drug-likeness (QED) is 0.691. The van der Waals surface area contributed by atoms with Crippen LogP contribution in [-0.2, 0) is 19.0 Å². The van der Waals surface area contributed by atoms with Crippen molar-refractivity contribution in [1.82, 2.24) is 4.90 Å². The zero-order valence-electron chi connectivity index (χ0n) is 18.5. The summed E-state index contributed by atoms with van der Waals surface area (Å²) in [6, 6.07) is 5.09. The number of benzene rings is 1. The Hall–Kier alpha value is -2.39. The highest BCUT2D eigenvalue weighted by Crippen LogP contribution is 2.42. The van der Waals surface area contributed by atoms with Crippen molar-refractivity contribution < 1.29 is 33.7 Å². The minimum Gasteiger partial charge on any atom is -0.454 e. The summed E-state index contributed by atoms with van der Waals surface area (Å²) in [7, 11) is 3.83. The Morgan fingerprint density at radius 2 is 1.72 bits per heavy atom. The molecule has 1 aromatic carbocycles. The maximum absolute atomic E-state index is 13.5. The minimum atomic E-state index is -0.831. The van der Waals surface area contributed by atoms with Crippen molar-refractivity contribution in [1.29, 1.82) is 0 Å². The number of esters is 1. The summed E-state index contributed by atoms with van der Waals surface area (Å²) in [5, 5.41) is 10.5. The molecule has 0 amide bonds. The first kappa shape index (κ1) is 21.5. The van der Waals surface area contributed by atoms with Gasteiger partial charge in [-0.25, -0.2) is 0 Å². The number of likely N-dealkylation sites (N-methyl/N-ethyl adjacent to an activating group) is 1. The second-order valence-corrected chi connectivity index (χ2v) is 9.31. The lowest BCUT2D eigenvalue weighted by atomic mass is 9.76. The van der Waals surface area contributed by atoms with Crippen molar-refractivity contribution in [3.8, 4) is 0 Å². The number of hydrogen-bond donors (Lipinski definition) is 1. The van der Waals surface area contributed by atoms with Crippen LogP contribution in [0.25, 0.3) is 0 Å². The third-order valence-electron chi connectivity index (χ3n) is 7.09. The molecule has 3 heterocycles. The zero-order valence-corrected chi connectivity index (χ0v) is 18.5. The molecule has 5 rings (SSSR count). The van der Waals surface area contributed by atoms with Crippen LogP contribution in [0.3, 0.4) is 0 Å². The van der Waals surface area contributed by atoms with Crippen LogP contribution < -0.4 is 0 Å². The van der Waals surface area contributed by atoms with Gasteiger partial charge in [-0.2, -0.15) is 0 Å². The van der Waals surface area contributed by atoms with Crippen molar-refractivity contribution >= 4 is 17.5 Å². The minimum absolute atomic E-state index is 0.0785. The molecule has 170 valence electrons. The van der Waals surface area contributed by atoms with Gasteiger partial charge in [0.05, 0.1) is 36.4 Å². The van der Waals surface area contributed by atoms with Gasteiger partial charge in [0.15, 0.2) is 17.7 Å². The number of ether oxygens (including phenoxy) is 3. The number of hydrogen-bond acceptors (Lipinski definition) is 8. The molecule has 2 saturated heterocycles. The number of ketones is 2. The fourth-order valence-corrected chi connectivity index (χ4v) is 5.40. The Kier molecular flexibility index (Phi) is 5.09. The molecule has 4 aliphatic rings. The molecule has 0 bridgehead atoms. The number of carbonyl (C=O) groups is 3. The summed E-state index contributed by atoms with van der Waals surface area (Å²) in [6.07, 6.45) is -2.63. The number of fused-ring (bicyclic) bond motifs is 3. The third-order valence-corrected chi connectivity index (χ3v) is 7.09. The van der Waals surface area contributed by atoms with Crippen LogP contribution in [-0.4, -0.2) is 78.2 Å². The van der Waals surface area contributed by atoms with Crippen LogP contribution in [0.15, 0.2) is 29.3 Å². The summed E-state index contributed by atoms with van der Waals surface area (Å²) < 4.78 is 17.3. The predicted molar refractivity (Wildman–Crippen MR) is 112 cm³/mol. The maximum Gasteiger partial charge on any atom is 0.309 e. The molecule has 1 aromatic rings. The van der Waals surface area contributed by atoms with Gasteiger partial charge >= 0.3 is 5.97 Å². The first-order chi connectivity index (χ1) is 15.2. The van der Waals surface area contributed by atoms with Crippen molar-refractivity contribution in [3.63, 3.8) is 0 Å². The summed E-state index contributed by atoms with van der Waals surface area (Å²) in [5.41, 5.74) is 1.93. The molecule has 3 aliphatic heterocycles. The number of aliphatic hydroxyl groups is 1. The Morgan fingerprint density at radius 1 is 1.00 bits per heavy atom. The van der Waals surface area contributed by atoms with Crippen LogP contribution in [0, 0.1) is 0 Å². The predicted octanol–water partition coefficient (Wildman–Crippen LogP) is 1.61. The van der Waals surface area contributed by atoms with Gasteiger partial charge in [-0.15, -0.1) is 0 Å². The van der Waals surface area contributed by atoms with Crippen molar-refractivity contribution in [2.75, 3.05) is 14.1 Å². The Morgan fingerprint density at radius 3 is 2.44 bits per heavy atom. The van der Waals surface area contributed by atoms with E-state index >= 15 is 0 Å². The molecule has 1 N–H and O–H groups in total. The fraction of sp³-hybridized carbons (Fsp3) is 0.542. The van der Waals surface area contributed by atoms with Gasteiger partial charge in [0.1, 0.15) is 6.10 Å². The highest BCUT2D eigenvalue weighted by molar-refractivity contribution is 6.28. The lowest BCUT2D eigenvalue weighted by molar-refractivity contribution is -0.142. The van der Waals surface area contributed by atoms with E-state index in [1.165, 1.54) is 0 Å². The monoisotopic (exact) mass is 441 g/mol. The molecule has 7 atom stereocenters. The fourth-order valence-electron chi connectivity index (χ4n) is 5.40. The first-order valence-electron chi connectivity index (χ1n) is 11.0. The van der Waals surface area contributed by atoms with Gasteiger partial charge in [0.25, 0.3) is 0 Å². The van der Waals surface area contributed by atoms with Crippen LogP contribution in [0.1, 0.15) is 59.1 Å². The molecule has 2 fully saturated rings. The average molecular weight is 441 g/mol. The van der Waals surface area contributed by atoms with E-state index < -0.39 is 30.4 Å². The van der Waals surface area contributed by atoms with Gasteiger partial charge in [-0.1, -0.05) is 6.07 Å². The van der Waals surface area contributed by atoms with E-state index in [2.05, 4.69) is 0 Å². The molecule has 32 heavy (non-hydrogen) atoms. The molecule has 0 radical (unpaired) electrons. The highest BCUT2D eigenvalue weighted by atomic mass is 16.6. The number of nitrogens with zero attached hydrogens (tertiary/aromatic N) is 1. The number of rotatable bonds is 2. The molecular weight excluding hydrogens is 414 g/mol.